The summed E-state index contributed by atoms with van der Waals surface area (Å²) in [7, 11) is 0. The molecule has 4 atom stereocenters. The van der Waals surface area contributed by atoms with E-state index in [0.29, 0.717) is 28.7 Å². The van der Waals surface area contributed by atoms with Crippen molar-refractivity contribution in [1.29, 1.82) is 5.41 Å². The zero-order valence-electron chi connectivity index (χ0n) is 39.5. The Labute approximate surface area is 419 Å². The van der Waals surface area contributed by atoms with Crippen LogP contribution in [0.2, 0.25) is 0 Å². The summed E-state index contributed by atoms with van der Waals surface area (Å²) in [5.74, 6) is -6.40. The van der Waals surface area contributed by atoms with Crippen LogP contribution in [0.1, 0.15) is 47.9 Å². The lowest BCUT2D eigenvalue weighted by molar-refractivity contribution is -0.143. The van der Waals surface area contributed by atoms with E-state index in [4.69, 9.17) is 14.9 Å². The normalized spacial score (nSPS) is 19.8. The number of allylic oxidation sites excluding steroid dienone is 1. The van der Waals surface area contributed by atoms with Crippen molar-refractivity contribution in [3.05, 3.63) is 155 Å². The number of ether oxygens (including phenoxy) is 2. The van der Waals surface area contributed by atoms with Gasteiger partial charge in [-0.1, -0.05) is 103 Å². The summed E-state index contributed by atoms with van der Waals surface area (Å²) in [5, 5.41) is 33.5. The number of ketones is 1. The van der Waals surface area contributed by atoms with E-state index in [1.54, 1.807) is 91.0 Å². The fraction of sp³-hybridized carbons (Fsp3) is 0.269. The number of carbonyl (C=O) groups is 9. The fourth-order valence-electron chi connectivity index (χ4n) is 7.79. The van der Waals surface area contributed by atoms with Crippen LogP contribution >= 0.6 is 0 Å². The zero-order chi connectivity index (χ0) is 52.1. The van der Waals surface area contributed by atoms with E-state index in [9.17, 15) is 48.3 Å². The number of phenols is 1. The van der Waals surface area contributed by atoms with Gasteiger partial charge in [-0.2, -0.15) is 0 Å². The molecule has 0 aliphatic carbocycles. The number of alkyl carbamates (subject to hydrolysis) is 1. The number of aromatic hydroxyl groups is 1. The van der Waals surface area contributed by atoms with Crippen LogP contribution in [0.15, 0.2) is 133 Å². The largest absolute Gasteiger partial charge is 0.508 e. The van der Waals surface area contributed by atoms with Crippen molar-refractivity contribution in [2.75, 3.05) is 19.6 Å². The number of hydrogen-bond donors (Lipinski definition) is 8. The molecule has 6 rings (SSSR count). The number of phenolic OH excluding ortho intramolecular Hbond substituents is 1. The smallest absolute Gasteiger partial charge is 0.416 e. The Morgan fingerprint density at radius 1 is 0.781 bits per heavy atom. The van der Waals surface area contributed by atoms with Crippen LogP contribution in [0.5, 0.6) is 5.75 Å². The van der Waals surface area contributed by atoms with E-state index in [1.807, 2.05) is 0 Å². The molecule has 2 heterocycles. The minimum absolute atomic E-state index is 0.0300. The average molecular weight is 998 g/mol. The van der Waals surface area contributed by atoms with Crippen molar-refractivity contribution in [3.63, 3.8) is 0 Å². The highest BCUT2D eigenvalue weighted by Crippen LogP contribution is 2.20. The number of guanidine groups is 1. The first-order chi connectivity index (χ1) is 35.3. The second-order valence-electron chi connectivity index (χ2n) is 16.8. The summed E-state index contributed by atoms with van der Waals surface area (Å²) in [6.07, 6.45) is 1.67. The van der Waals surface area contributed by atoms with Gasteiger partial charge in [0.05, 0.1) is 6.04 Å². The maximum atomic E-state index is 14.4. The predicted molar refractivity (Wildman–Crippen MR) is 263 cm³/mol. The van der Waals surface area contributed by atoms with Gasteiger partial charge in [0.2, 0.25) is 41.8 Å². The van der Waals surface area contributed by atoms with Crippen LogP contribution in [0.4, 0.5) is 9.59 Å². The van der Waals surface area contributed by atoms with Gasteiger partial charge in [-0.15, -0.1) is 0 Å². The number of nitrogens with zero attached hydrogens (tertiary/aromatic N) is 2. The van der Waals surface area contributed by atoms with E-state index in [-0.39, 0.29) is 63.3 Å². The summed E-state index contributed by atoms with van der Waals surface area (Å²) in [5.41, 5.74) is 2.36. The first kappa shape index (κ1) is 53.2. The van der Waals surface area contributed by atoms with Gasteiger partial charge in [0.1, 0.15) is 37.1 Å². The minimum Gasteiger partial charge on any atom is -0.508 e. The molecule has 4 aromatic carbocycles. The third kappa shape index (κ3) is 16.2. The molecule has 8 amide bonds. The summed E-state index contributed by atoms with van der Waals surface area (Å²) in [4.78, 5) is 124. The van der Waals surface area contributed by atoms with Crippen molar-refractivity contribution in [2.45, 2.75) is 69.5 Å². The first-order valence-electron chi connectivity index (χ1n) is 23.3. The Morgan fingerprint density at radius 3 is 2.05 bits per heavy atom. The minimum atomic E-state index is -1.66. The predicted octanol–water partition coefficient (Wildman–Crippen LogP) is 2.70. The Hall–Kier alpha value is -9.14. The number of amides is 8. The first-order valence-corrected chi connectivity index (χ1v) is 23.3. The molecule has 0 spiro atoms. The molecule has 0 aromatic heterocycles. The Morgan fingerprint density at radius 2 is 1.41 bits per heavy atom. The molecule has 2 aliphatic rings. The fourth-order valence-corrected chi connectivity index (χ4v) is 7.79. The quantitative estimate of drug-likeness (QED) is 0.0415. The van der Waals surface area contributed by atoms with E-state index in [1.165, 1.54) is 41.3 Å². The molecule has 2 aliphatic heterocycles. The van der Waals surface area contributed by atoms with E-state index >= 15 is 0 Å². The summed E-state index contributed by atoms with van der Waals surface area (Å²) in [6.45, 7) is -1.13. The zero-order valence-corrected chi connectivity index (χ0v) is 39.5. The van der Waals surface area contributed by atoms with Crippen molar-refractivity contribution >= 4 is 66.0 Å². The molecule has 8 N–H and O–H groups in total. The summed E-state index contributed by atoms with van der Waals surface area (Å²) >= 11 is 0. The van der Waals surface area contributed by atoms with E-state index < -0.39 is 90.7 Å². The molecule has 1 saturated heterocycles. The molecule has 73 heavy (non-hydrogen) atoms. The molecule has 380 valence electrons. The molecular weight excluding hydrogens is 943 g/mol. The van der Waals surface area contributed by atoms with E-state index in [0.717, 1.165) is 11.0 Å². The number of carbonyl (C=O) groups excluding carboxylic acids is 9. The van der Waals surface area contributed by atoms with Gasteiger partial charge in [0, 0.05) is 37.8 Å². The molecule has 0 unspecified atom stereocenters. The third-order valence-electron chi connectivity index (χ3n) is 11.5. The Kier molecular flexibility index (Phi) is 19.5. The molecule has 21 nitrogen and oxygen atoms in total. The molecule has 0 bridgehead atoms. The molecular formula is C52H55N9O12. The van der Waals surface area contributed by atoms with Crippen molar-refractivity contribution in [2.24, 2.45) is 0 Å². The second-order valence-corrected chi connectivity index (χ2v) is 16.8. The number of rotatable bonds is 13. The standard InChI is InChI=1S/C52H55N9O12/c53-50(59-51(70)72-31-36-14-6-2-7-15-36)61(52(71)73-32-37-16-8-3-9-17-37)27-10-18-40-45(65)48(68)58-41(29-34-12-4-1-5-13-34)46(66)56-38(28-35-20-23-39(63)24-21-35)22-25-44(64)54-30-42(55-33-62)49(69)60-26-11-19-43(60)47(67)57-40/h1-9,12-17,20-25,28,33,40-43,63H,10-11,18-19,26-27,29-32H2,(H,54,64)(H,55,62)(H,56,66)(H,57,67)(H,58,68)(H2,53,59,70)/b25-22+,38-28+/t40-,41+,42-,43-/m0/s1. The highest BCUT2D eigenvalue weighted by atomic mass is 16.6. The molecule has 1 fully saturated rings. The Balaban J connectivity index is 1.30. The van der Waals surface area contributed by atoms with Gasteiger partial charge >= 0.3 is 12.2 Å². The van der Waals surface area contributed by atoms with Gasteiger partial charge in [-0.25, -0.2) is 14.5 Å². The highest BCUT2D eigenvalue weighted by Gasteiger charge is 2.40. The number of hydrogen-bond acceptors (Lipinski definition) is 13. The van der Waals surface area contributed by atoms with Crippen LogP contribution in [0, 0.1) is 5.41 Å². The van der Waals surface area contributed by atoms with Crippen molar-refractivity contribution in [3.8, 4) is 5.75 Å². The lowest BCUT2D eigenvalue weighted by Gasteiger charge is -2.29. The van der Waals surface area contributed by atoms with Gasteiger partial charge in [0.15, 0.2) is 0 Å². The van der Waals surface area contributed by atoms with Crippen LogP contribution in [0.3, 0.4) is 0 Å². The lowest BCUT2D eigenvalue weighted by atomic mass is 10.0. The SMILES string of the molecule is N=C(NC(=O)OCc1ccccc1)N(CCC[C@@H]1NC(=O)[C@@H]2CCCN2C(=O)[C@@H](NC=O)CNC(=O)/C=C/C(=C\c2ccc(O)cc2)NC(=O)[C@@H](Cc2ccccc2)NC(=O)C1=O)C(=O)OCc1ccccc1. The monoisotopic (exact) mass is 997 g/mol. The van der Waals surface area contributed by atoms with E-state index in [2.05, 4.69) is 31.9 Å². The lowest BCUT2D eigenvalue weighted by Crippen LogP contribution is -2.58. The van der Waals surface area contributed by atoms with Gasteiger partial charge in [0.25, 0.3) is 5.91 Å². The molecule has 21 heteroatoms. The molecule has 4 aromatic rings. The van der Waals surface area contributed by atoms with Crippen molar-refractivity contribution in [1.82, 2.24) is 41.7 Å². The van der Waals surface area contributed by atoms with Crippen molar-refractivity contribution < 1.29 is 57.7 Å². The van der Waals surface area contributed by atoms with Crippen LogP contribution in [-0.2, 0) is 62.7 Å². The second kappa shape index (κ2) is 26.7. The summed E-state index contributed by atoms with van der Waals surface area (Å²) < 4.78 is 10.7. The average Bonchev–Trinajstić information content (AvgIpc) is 3.90. The summed E-state index contributed by atoms with van der Waals surface area (Å²) in [6, 6.07) is 26.1. The third-order valence-corrected chi connectivity index (χ3v) is 11.5. The molecule has 0 radical (unpaired) electrons. The number of fused-ring (bicyclic) bond motifs is 1. The maximum absolute atomic E-state index is 14.4. The van der Waals surface area contributed by atoms with Crippen LogP contribution in [-0.4, -0.2) is 119 Å². The maximum Gasteiger partial charge on any atom is 0.416 e. The van der Waals surface area contributed by atoms with Gasteiger partial charge in [-0.05, 0) is 72.2 Å². The molecule has 0 saturated carbocycles. The number of Topliss-reactive ketones (excluding diaryl/α,β-unsaturated/α-hetero) is 1. The van der Waals surface area contributed by atoms with Crippen LogP contribution < -0.4 is 31.9 Å². The number of nitrogens with one attached hydrogen (secondary N) is 7. The van der Waals surface area contributed by atoms with Gasteiger partial charge in [-0.3, -0.25) is 44.3 Å². The van der Waals surface area contributed by atoms with Crippen LogP contribution in [0.25, 0.3) is 6.08 Å². The van der Waals surface area contributed by atoms with Gasteiger partial charge < -0.3 is 46.1 Å². The number of benzene rings is 4. The Bertz CT molecular complexity index is 2690. The highest BCUT2D eigenvalue weighted by molar-refractivity contribution is 6.38. The topological polar surface area (TPSA) is 295 Å².